The lowest BCUT2D eigenvalue weighted by Gasteiger charge is -2.36. The number of nitrogens with zero attached hydrogens (tertiary/aromatic N) is 1. The highest BCUT2D eigenvalue weighted by Crippen LogP contribution is 2.43. The van der Waals surface area contributed by atoms with Gasteiger partial charge in [-0.2, -0.15) is 0 Å². The molecular weight excluding hydrogens is 174 g/mol. The quantitative estimate of drug-likeness (QED) is 0.679. The zero-order chi connectivity index (χ0) is 10.0. The first-order valence-electron chi connectivity index (χ1n) is 5.92. The second-order valence-corrected chi connectivity index (χ2v) is 5.15. The van der Waals surface area contributed by atoms with E-state index >= 15 is 0 Å². The van der Waals surface area contributed by atoms with E-state index in [0.717, 1.165) is 13.1 Å². The van der Waals surface area contributed by atoms with Crippen LogP contribution in [0.25, 0.3) is 0 Å². The number of hydrogen-bond acceptors (Lipinski definition) is 3. The lowest BCUT2D eigenvalue weighted by Crippen LogP contribution is -2.37. The third-order valence-electron chi connectivity index (χ3n) is 4.05. The van der Waals surface area contributed by atoms with Crippen molar-refractivity contribution in [1.29, 1.82) is 0 Å². The molecule has 82 valence electrons. The highest BCUT2D eigenvalue weighted by Gasteiger charge is 2.39. The molecule has 0 amide bonds. The van der Waals surface area contributed by atoms with Crippen LogP contribution in [0.4, 0.5) is 0 Å². The van der Waals surface area contributed by atoms with Crippen LogP contribution in [-0.2, 0) is 0 Å². The molecule has 2 rings (SSSR count). The molecule has 1 saturated carbocycles. The van der Waals surface area contributed by atoms with E-state index in [4.69, 9.17) is 11.5 Å². The van der Waals surface area contributed by atoms with Crippen LogP contribution in [-0.4, -0.2) is 37.1 Å². The molecule has 0 aromatic heterocycles. The minimum atomic E-state index is 0.476. The van der Waals surface area contributed by atoms with E-state index in [0.29, 0.717) is 11.5 Å². The van der Waals surface area contributed by atoms with Crippen LogP contribution in [0.1, 0.15) is 32.1 Å². The third-order valence-corrected chi connectivity index (χ3v) is 4.05. The lowest BCUT2D eigenvalue weighted by atomic mass is 9.72. The summed E-state index contributed by atoms with van der Waals surface area (Å²) >= 11 is 0. The summed E-state index contributed by atoms with van der Waals surface area (Å²) in [5.41, 5.74) is 12.1. The Bertz CT molecular complexity index is 185. The van der Waals surface area contributed by atoms with Crippen molar-refractivity contribution in [2.45, 2.75) is 38.1 Å². The Morgan fingerprint density at radius 2 is 1.93 bits per heavy atom. The van der Waals surface area contributed by atoms with Gasteiger partial charge in [-0.3, -0.25) is 0 Å². The zero-order valence-electron chi connectivity index (χ0n) is 9.04. The van der Waals surface area contributed by atoms with Gasteiger partial charge in [0.05, 0.1) is 0 Å². The molecule has 0 bridgehead atoms. The summed E-state index contributed by atoms with van der Waals surface area (Å²) in [6, 6.07) is 0.476. The van der Waals surface area contributed by atoms with Crippen molar-refractivity contribution in [2.75, 3.05) is 26.2 Å². The molecule has 0 unspecified atom stereocenters. The van der Waals surface area contributed by atoms with E-state index < -0.39 is 0 Å². The van der Waals surface area contributed by atoms with Crippen LogP contribution in [0, 0.1) is 5.41 Å². The first-order chi connectivity index (χ1) is 6.74. The van der Waals surface area contributed by atoms with Gasteiger partial charge in [-0.25, -0.2) is 0 Å². The summed E-state index contributed by atoms with van der Waals surface area (Å²) in [4.78, 5) is 2.52. The average molecular weight is 197 g/mol. The molecule has 0 atom stereocenters. The minimum absolute atomic E-state index is 0.476. The summed E-state index contributed by atoms with van der Waals surface area (Å²) < 4.78 is 0. The highest BCUT2D eigenvalue weighted by molar-refractivity contribution is 4.94. The zero-order valence-corrected chi connectivity index (χ0v) is 9.04. The van der Waals surface area contributed by atoms with Gasteiger partial charge in [0.1, 0.15) is 0 Å². The van der Waals surface area contributed by atoms with Gasteiger partial charge in [-0.1, -0.05) is 0 Å². The maximum atomic E-state index is 5.95. The van der Waals surface area contributed by atoms with Gasteiger partial charge in [-0.15, -0.1) is 0 Å². The Morgan fingerprint density at radius 1 is 1.21 bits per heavy atom. The molecule has 1 aliphatic heterocycles. The van der Waals surface area contributed by atoms with Gasteiger partial charge in [0.2, 0.25) is 0 Å². The Labute approximate surface area is 86.8 Å². The summed E-state index contributed by atoms with van der Waals surface area (Å²) in [5, 5.41) is 0. The normalized spacial score (nSPS) is 39.4. The maximum Gasteiger partial charge on any atom is 0.0105 e. The van der Waals surface area contributed by atoms with E-state index in [1.54, 1.807) is 0 Å². The van der Waals surface area contributed by atoms with Crippen LogP contribution in [0.3, 0.4) is 0 Å². The third kappa shape index (κ3) is 2.10. The topological polar surface area (TPSA) is 55.3 Å². The van der Waals surface area contributed by atoms with Gasteiger partial charge in [0.15, 0.2) is 0 Å². The van der Waals surface area contributed by atoms with Crippen LogP contribution < -0.4 is 11.5 Å². The van der Waals surface area contributed by atoms with Crippen LogP contribution in [0.5, 0.6) is 0 Å². The van der Waals surface area contributed by atoms with Crippen molar-refractivity contribution >= 4 is 0 Å². The molecule has 0 aromatic rings. The second-order valence-electron chi connectivity index (χ2n) is 5.15. The summed E-state index contributed by atoms with van der Waals surface area (Å²) in [6.07, 6.45) is 6.52. The SMILES string of the molecule is NCCN1CCC2(CCC(N)CC2)C1. The standard InChI is InChI=1S/C11H23N3/c12-6-8-14-7-5-11(9-14)3-1-10(13)2-4-11/h10H,1-9,12-13H2. The molecule has 1 saturated heterocycles. The van der Waals surface area contributed by atoms with Crippen molar-refractivity contribution in [2.24, 2.45) is 16.9 Å². The molecule has 14 heavy (non-hydrogen) atoms. The summed E-state index contributed by atoms with van der Waals surface area (Å²) in [7, 11) is 0. The second kappa shape index (κ2) is 4.17. The predicted molar refractivity (Wildman–Crippen MR) is 59.0 cm³/mol. The highest BCUT2D eigenvalue weighted by atomic mass is 15.2. The predicted octanol–water partition coefficient (Wildman–Crippen LogP) is 0.538. The Morgan fingerprint density at radius 3 is 2.57 bits per heavy atom. The van der Waals surface area contributed by atoms with Crippen molar-refractivity contribution in [3.63, 3.8) is 0 Å². The maximum absolute atomic E-state index is 5.95. The first kappa shape index (κ1) is 10.4. The molecule has 1 spiro atoms. The van der Waals surface area contributed by atoms with Crippen molar-refractivity contribution in [1.82, 2.24) is 4.90 Å². The van der Waals surface area contributed by atoms with E-state index in [9.17, 15) is 0 Å². The van der Waals surface area contributed by atoms with Crippen molar-refractivity contribution in [3.8, 4) is 0 Å². The summed E-state index contributed by atoms with van der Waals surface area (Å²) in [6.45, 7) is 4.41. The van der Waals surface area contributed by atoms with Crippen LogP contribution in [0.15, 0.2) is 0 Å². The lowest BCUT2D eigenvalue weighted by molar-refractivity contribution is 0.175. The fourth-order valence-corrected chi connectivity index (χ4v) is 3.06. The first-order valence-corrected chi connectivity index (χ1v) is 5.92. The Hall–Kier alpha value is -0.120. The minimum Gasteiger partial charge on any atom is -0.329 e. The van der Waals surface area contributed by atoms with Gasteiger partial charge in [-0.05, 0) is 44.1 Å². The van der Waals surface area contributed by atoms with Crippen LogP contribution in [0.2, 0.25) is 0 Å². The average Bonchev–Trinajstić information content (AvgIpc) is 2.56. The number of nitrogens with two attached hydrogens (primary N) is 2. The van der Waals surface area contributed by atoms with Gasteiger partial charge in [0, 0.05) is 25.7 Å². The molecule has 3 heteroatoms. The van der Waals surface area contributed by atoms with Gasteiger partial charge < -0.3 is 16.4 Å². The number of likely N-dealkylation sites (tertiary alicyclic amines) is 1. The largest absolute Gasteiger partial charge is 0.329 e. The molecule has 2 aliphatic rings. The summed E-state index contributed by atoms with van der Waals surface area (Å²) in [5.74, 6) is 0. The number of hydrogen-bond donors (Lipinski definition) is 2. The van der Waals surface area contributed by atoms with Gasteiger partial charge >= 0.3 is 0 Å². The fourth-order valence-electron chi connectivity index (χ4n) is 3.06. The molecule has 1 heterocycles. The molecule has 4 N–H and O–H groups in total. The van der Waals surface area contributed by atoms with E-state index in [1.165, 1.54) is 45.2 Å². The monoisotopic (exact) mass is 197 g/mol. The molecule has 1 aliphatic carbocycles. The number of rotatable bonds is 2. The molecule has 2 fully saturated rings. The molecule has 0 aromatic carbocycles. The van der Waals surface area contributed by atoms with Crippen molar-refractivity contribution in [3.05, 3.63) is 0 Å². The Kier molecular flexibility index (Phi) is 3.10. The smallest absolute Gasteiger partial charge is 0.0105 e. The van der Waals surface area contributed by atoms with Crippen molar-refractivity contribution < 1.29 is 0 Å². The van der Waals surface area contributed by atoms with Gasteiger partial charge in [0.25, 0.3) is 0 Å². The van der Waals surface area contributed by atoms with E-state index in [1.807, 2.05) is 0 Å². The molecule has 0 radical (unpaired) electrons. The molecule has 3 nitrogen and oxygen atoms in total. The molecular formula is C11H23N3. The Balaban J connectivity index is 1.86. The van der Waals surface area contributed by atoms with E-state index in [2.05, 4.69) is 4.90 Å². The van der Waals surface area contributed by atoms with Crippen LogP contribution >= 0.6 is 0 Å². The fraction of sp³-hybridized carbons (Fsp3) is 1.00. The van der Waals surface area contributed by atoms with E-state index in [-0.39, 0.29) is 0 Å².